The molecule has 0 aliphatic carbocycles. The number of hydrogen-bond donors (Lipinski definition) is 1. The molecular formula is C13H11IN4O2S. The summed E-state index contributed by atoms with van der Waals surface area (Å²) in [5.74, 6) is 0. The Kier molecular flexibility index (Phi) is 3.57. The van der Waals surface area contributed by atoms with Gasteiger partial charge < -0.3 is 0 Å². The summed E-state index contributed by atoms with van der Waals surface area (Å²) < 4.78 is 29.0. The maximum absolute atomic E-state index is 12.4. The van der Waals surface area contributed by atoms with Crippen molar-refractivity contribution in [1.29, 1.82) is 0 Å². The van der Waals surface area contributed by atoms with Gasteiger partial charge in [0.05, 0.1) is 33.4 Å². The lowest BCUT2D eigenvalue weighted by atomic mass is 10.2. The smallest absolute Gasteiger partial charge is 0.261 e. The molecule has 0 radical (unpaired) electrons. The Bertz CT molecular complexity index is 904. The molecule has 0 atom stereocenters. The van der Waals surface area contributed by atoms with E-state index in [2.05, 4.69) is 15.0 Å². The van der Waals surface area contributed by atoms with Gasteiger partial charge in [-0.3, -0.25) is 4.72 Å². The number of nitrogens with one attached hydrogen (secondary N) is 1. The van der Waals surface area contributed by atoms with E-state index < -0.39 is 10.0 Å². The number of aryl methyl sites for hydroxylation is 1. The van der Waals surface area contributed by atoms with Crippen LogP contribution < -0.4 is 4.72 Å². The number of rotatable bonds is 3. The van der Waals surface area contributed by atoms with Crippen molar-refractivity contribution in [2.75, 3.05) is 4.72 Å². The first-order chi connectivity index (χ1) is 9.97. The summed E-state index contributed by atoms with van der Waals surface area (Å²) in [6, 6.07) is 11.9. The Hall–Kier alpha value is -1.68. The second-order valence-electron chi connectivity index (χ2n) is 4.54. The van der Waals surface area contributed by atoms with Crippen molar-refractivity contribution >= 4 is 49.6 Å². The van der Waals surface area contributed by atoms with E-state index in [1.165, 1.54) is 2.90 Å². The maximum atomic E-state index is 12.4. The Morgan fingerprint density at radius 1 is 1.14 bits per heavy atom. The average Bonchev–Trinajstić information content (AvgIpc) is 2.82. The summed E-state index contributed by atoms with van der Waals surface area (Å²) in [6.45, 7) is 1.91. The molecule has 0 aliphatic heterocycles. The molecule has 1 aromatic heterocycles. The van der Waals surface area contributed by atoms with Gasteiger partial charge in [0.1, 0.15) is 11.0 Å². The standard InChI is InChI=1S/C13H11IN4O2S/c1-9-5-7-10(8-6-9)21(19,20)16-12-4-2-3-11-13(12)18(14)17-15-11/h2-8,16H,1H3. The number of anilines is 1. The number of para-hydroxylation sites is 1. The Morgan fingerprint density at radius 3 is 2.57 bits per heavy atom. The van der Waals surface area contributed by atoms with Crippen molar-refractivity contribution < 1.29 is 8.42 Å². The number of aromatic nitrogens is 3. The Balaban J connectivity index is 2.05. The van der Waals surface area contributed by atoms with Gasteiger partial charge in [0.25, 0.3) is 10.0 Å². The van der Waals surface area contributed by atoms with Gasteiger partial charge in [-0.05, 0) is 31.2 Å². The van der Waals surface area contributed by atoms with Crippen molar-refractivity contribution in [3.63, 3.8) is 0 Å². The lowest BCUT2D eigenvalue weighted by Crippen LogP contribution is -2.13. The summed E-state index contributed by atoms with van der Waals surface area (Å²) in [7, 11) is -3.64. The van der Waals surface area contributed by atoms with Crippen LogP contribution in [0.15, 0.2) is 47.4 Å². The molecule has 0 spiro atoms. The minimum absolute atomic E-state index is 0.220. The molecule has 2 aromatic carbocycles. The predicted octanol–water partition coefficient (Wildman–Crippen LogP) is 2.74. The molecule has 0 aliphatic rings. The van der Waals surface area contributed by atoms with Gasteiger partial charge in [0, 0.05) is 0 Å². The third kappa shape index (κ3) is 2.72. The molecule has 0 saturated carbocycles. The van der Waals surface area contributed by atoms with Gasteiger partial charge in [-0.1, -0.05) is 29.0 Å². The zero-order valence-corrected chi connectivity index (χ0v) is 14.0. The number of hydrogen-bond acceptors (Lipinski definition) is 4. The molecular weight excluding hydrogens is 403 g/mol. The number of fused-ring (bicyclic) bond motifs is 1. The largest absolute Gasteiger partial charge is 0.277 e. The second-order valence-corrected chi connectivity index (χ2v) is 7.14. The van der Waals surface area contributed by atoms with Gasteiger partial charge in [-0.15, -0.1) is 5.10 Å². The molecule has 0 unspecified atom stereocenters. The van der Waals surface area contributed by atoms with E-state index in [-0.39, 0.29) is 4.90 Å². The van der Waals surface area contributed by atoms with E-state index in [1.54, 1.807) is 42.5 Å². The zero-order valence-electron chi connectivity index (χ0n) is 11.0. The fraction of sp³-hybridized carbons (Fsp3) is 0.0769. The van der Waals surface area contributed by atoms with Crippen LogP contribution in [0.2, 0.25) is 0 Å². The Morgan fingerprint density at radius 2 is 1.86 bits per heavy atom. The lowest BCUT2D eigenvalue weighted by molar-refractivity contribution is 0.601. The highest BCUT2D eigenvalue weighted by molar-refractivity contribution is 14.1. The molecule has 3 rings (SSSR count). The van der Waals surface area contributed by atoms with Crippen LogP contribution in [0.5, 0.6) is 0 Å². The summed E-state index contributed by atoms with van der Waals surface area (Å²) in [4.78, 5) is 0.220. The van der Waals surface area contributed by atoms with Gasteiger partial charge in [-0.25, -0.2) is 8.42 Å². The van der Waals surface area contributed by atoms with Crippen molar-refractivity contribution in [3.8, 4) is 0 Å². The van der Waals surface area contributed by atoms with Gasteiger partial charge >= 0.3 is 0 Å². The molecule has 108 valence electrons. The first-order valence-corrected chi connectivity index (χ1v) is 8.52. The van der Waals surface area contributed by atoms with Crippen molar-refractivity contribution in [2.45, 2.75) is 11.8 Å². The molecule has 3 aromatic rings. The normalized spacial score (nSPS) is 11.7. The summed E-state index contributed by atoms with van der Waals surface area (Å²) in [5.41, 5.74) is 2.72. The SMILES string of the molecule is Cc1ccc(S(=O)(=O)Nc2cccc3nnn(I)c23)cc1. The van der Waals surface area contributed by atoms with E-state index >= 15 is 0 Å². The zero-order chi connectivity index (χ0) is 15.0. The third-order valence-electron chi connectivity index (χ3n) is 3.01. The van der Waals surface area contributed by atoms with Gasteiger partial charge in [0.2, 0.25) is 0 Å². The molecule has 1 heterocycles. The monoisotopic (exact) mass is 414 g/mol. The van der Waals surface area contributed by atoms with Crippen molar-refractivity contribution in [1.82, 2.24) is 13.2 Å². The summed E-state index contributed by atoms with van der Waals surface area (Å²) in [5, 5.41) is 7.85. The molecule has 8 heteroatoms. The van der Waals surface area contributed by atoms with Crippen LogP contribution in [0.3, 0.4) is 0 Å². The Labute approximate surface area is 135 Å². The van der Waals surface area contributed by atoms with Crippen LogP contribution >= 0.6 is 22.9 Å². The molecule has 0 saturated heterocycles. The van der Waals surface area contributed by atoms with Crippen molar-refractivity contribution in [3.05, 3.63) is 48.0 Å². The summed E-state index contributed by atoms with van der Waals surface area (Å²) in [6.07, 6.45) is 0. The number of nitrogens with zero attached hydrogens (tertiary/aromatic N) is 3. The van der Waals surface area contributed by atoms with Crippen LogP contribution in [0.25, 0.3) is 11.0 Å². The predicted molar refractivity (Wildman–Crippen MR) is 88.9 cm³/mol. The lowest BCUT2D eigenvalue weighted by Gasteiger charge is -2.09. The van der Waals surface area contributed by atoms with E-state index in [0.717, 1.165) is 5.56 Å². The van der Waals surface area contributed by atoms with Gasteiger partial charge in [-0.2, -0.15) is 2.90 Å². The third-order valence-corrected chi connectivity index (χ3v) is 5.06. The minimum Gasteiger partial charge on any atom is -0.277 e. The van der Waals surface area contributed by atoms with Crippen LogP contribution in [-0.2, 0) is 10.0 Å². The average molecular weight is 414 g/mol. The maximum Gasteiger partial charge on any atom is 0.261 e. The van der Waals surface area contributed by atoms with E-state index in [4.69, 9.17) is 0 Å². The fourth-order valence-corrected chi connectivity index (χ4v) is 3.61. The number of halogens is 1. The van der Waals surface area contributed by atoms with E-state index in [1.807, 2.05) is 29.8 Å². The molecule has 6 nitrogen and oxygen atoms in total. The topological polar surface area (TPSA) is 76.9 Å². The van der Waals surface area contributed by atoms with Gasteiger partial charge in [0.15, 0.2) is 0 Å². The molecule has 1 N–H and O–H groups in total. The highest BCUT2D eigenvalue weighted by atomic mass is 127. The fourth-order valence-electron chi connectivity index (χ4n) is 1.94. The van der Waals surface area contributed by atoms with Crippen LogP contribution in [0, 0.1) is 6.92 Å². The minimum atomic E-state index is -3.64. The van der Waals surface area contributed by atoms with Crippen LogP contribution in [0.1, 0.15) is 5.56 Å². The van der Waals surface area contributed by atoms with Crippen LogP contribution in [0.4, 0.5) is 5.69 Å². The molecule has 0 bridgehead atoms. The molecule has 21 heavy (non-hydrogen) atoms. The second kappa shape index (κ2) is 5.26. The van der Waals surface area contributed by atoms with E-state index in [0.29, 0.717) is 16.7 Å². The molecule has 0 fully saturated rings. The van der Waals surface area contributed by atoms with Crippen molar-refractivity contribution in [2.24, 2.45) is 0 Å². The number of benzene rings is 2. The molecule has 0 amide bonds. The quantitative estimate of drug-likeness (QED) is 0.669. The first kappa shape index (κ1) is 14.3. The summed E-state index contributed by atoms with van der Waals surface area (Å²) >= 11 is 1.96. The highest BCUT2D eigenvalue weighted by Crippen LogP contribution is 2.25. The first-order valence-electron chi connectivity index (χ1n) is 6.07. The van der Waals surface area contributed by atoms with E-state index in [9.17, 15) is 8.42 Å². The highest BCUT2D eigenvalue weighted by Gasteiger charge is 2.17. The van der Waals surface area contributed by atoms with Crippen LogP contribution in [-0.4, -0.2) is 21.6 Å². The number of sulfonamides is 1.